The maximum absolute atomic E-state index is 12.6. The number of primary amides is 1. The number of nitrogens with zero attached hydrogens (tertiary/aromatic N) is 6. The van der Waals surface area contributed by atoms with E-state index < -0.39 is 27.8 Å². The number of Topliss-reactive ketones (excluding diaryl/α,β-unsaturated/α-hetero) is 1. The normalized spacial score (nSPS) is 22.6. The molecule has 18 nitrogen and oxygen atoms in total. The molecule has 0 spiro atoms. The van der Waals surface area contributed by atoms with Crippen LogP contribution < -0.4 is 27.0 Å². The van der Waals surface area contributed by atoms with E-state index in [1.54, 1.807) is 32.1 Å². The van der Waals surface area contributed by atoms with Gasteiger partial charge in [0.05, 0.1) is 36.0 Å². The number of nitrogens with two attached hydrogens (primary N) is 1. The molecule has 450 valence electrons. The minimum absolute atomic E-state index is 0. The van der Waals surface area contributed by atoms with Gasteiger partial charge in [-0.3, -0.25) is 24.0 Å². The maximum atomic E-state index is 12.6. The molecule has 0 radical (unpaired) electrons. The van der Waals surface area contributed by atoms with Gasteiger partial charge in [0.1, 0.15) is 20.3 Å². The number of amides is 4. The molecule has 2 aliphatic carbocycles. The lowest BCUT2D eigenvalue weighted by Gasteiger charge is -2.25. The molecular weight excluding hydrogens is 1050 g/mol. The van der Waals surface area contributed by atoms with Gasteiger partial charge in [-0.25, -0.2) is 18.4 Å². The number of hydrogen-bond donors (Lipinski definition) is 5. The summed E-state index contributed by atoms with van der Waals surface area (Å²) in [6.07, 6.45) is 7.75. The number of sulfone groups is 1. The molecule has 6 N–H and O–H groups in total. The standard InChI is InChI=1S/C15H19NO.C13H24N4O2S.C12H15N.C11H21N3O3S.C7H14N2O.2CH4/c1-9-8-11-5-3-4-10-6-7-12(16-2)15(17)13(9)14(10)11;1-8-17(16-12(20-8)13(2,3)4)11(19)9(15-5)6-7-10(14)18;1-9(2)12-8-10-6-4-5-7-11(10)13(12)3;1-8-7-13-14(9(8)2)11(15)10(12-3)5-6-18(4,16)17;1-3-9-5-4-6(8-2)7(9)10;;/h3-5,9,12-13,16H,6-8H2,1-2H3;8-9,15H,6-7H2,1-5H3,(H2,14,18);4-9H,1-3H3;7-10,12H,5-6H2,1-4H3;6,8H,3-5H2,1-2H3;2*1H4/t9-,12?,13?;8-,9-;;8-,9+,10-;6-;;/m10.01../s1. The van der Waals surface area contributed by atoms with Crippen molar-refractivity contribution in [1.82, 2.24) is 40.8 Å². The zero-order chi connectivity index (χ0) is 58.4. The zero-order valence-corrected chi connectivity index (χ0v) is 51.1. The first-order valence-corrected chi connectivity index (χ1v) is 30.7. The van der Waals surface area contributed by atoms with Crippen molar-refractivity contribution in [1.29, 1.82) is 0 Å². The summed E-state index contributed by atoms with van der Waals surface area (Å²) in [6.45, 7) is 22.5. The van der Waals surface area contributed by atoms with Crippen LogP contribution in [0.2, 0.25) is 0 Å². The molecule has 3 aromatic rings. The Morgan fingerprint density at radius 1 is 0.850 bits per heavy atom. The van der Waals surface area contributed by atoms with E-state index in [1.807, 2.05) is 46.7 Å². The summed E-state index contributed by atoms with van der Waals surface area (Å²) in [5, 5.41) is 25.7. The first kappa shape index (κ1) is 71.1. The molecule has 1 saturated heterocycles. The van der Waals surface area contributed by atoms with Crippen molar-refractivity contribution < 1.29 is 32.4 Å². The van der Waals surface area contributed by atoms with Crippen LogP contribution in [0.25, 0.3) is 10.9 Å². The van der Waals surface area contributed by atoms with Gasteiger partial charge in [-0.15, -0.1) is 0 Å². The van der Waals surface area contributed by atoms with E-state index in [0.717, 1.165) is 43.8 Å². The van der Waals surface area contributed by atoms with E-state index in [2.05, 4.69) is 133 Å². The van der Waals surface area contributed by atoms with Crippen molar-refractivity contribution in [2.45, 2.75) is 176 Å². The van der Waals surface area contributed by atoms with E-state index in [0.29, 0.717) is 24.0 Å². The molecular formula is C60H101N11O7S2. The first-order valence-electron chi connectivity index (χ1n) is 27.7. The molecule has 2 unspecified atom stereocenters. The number of aromatic nitrogens is 1. The largest absolute Gasteiger partial charge is 0.370 e. The number of aryl methyl sites for hydroxylation is 2. The molecule has 4 amide bonds. The quantitative estimate of drug-likeness (QED) is 0.106. The number of para-hydroxylation sites is 1. The highest BCUT2D eigenvalue weighted by Gasteiger charge is 2.41. The smallest absolute Gasteiger partial charge is 0.260 e. The van der Waals surface area contributed by atoms with Crippen LogP contribution in [0.3, 0.4) is 0 Å². The van der Waals surface area contributed by atoms with Gasteiger partial charge < -0.3 is 36.5 Å². The fourth-order valence-electron chi connectivity index (χ4n) is 10.3. The molecule has 80 heavy (non-hydrogen) atoms. The van der Waals surface area contributed by atoms with Crippen molar-refractivity contribution >= 4 is 73.2 Å². The van der Waals surface area contributed by atoms with Crippen LogP contribution in [0.4, 0.5) is 0 Å². The summed E-state index contributed by atoms with van der Waals surface area (Å²) in [5.41, 5.74) is 12.0. The summed E-state index contributed by atoms with van der Waals surface area (Å²) in [7, 11) is 6.17. The Balaban J connectivity index is 0.000000345. The van der Waals surface area contributed by atoms with Crippen LogP contribution in [-0.4, -0.2) is 157 Å². The SMILES string of the molecule is C.C.CC(C)c1cc2ccccc2n1C.CCN1CC[C@@H](NC)C1=O.CNC1CCc2cccc3c2C(C1=O)[C@H](C)C3.CN[C@@H](CCC(N)=O)C(=O)N1N=C(C(C)(C)C)S[C@H]1C.CN[C@@H](CCS(C)(=O)=O)C(=O)N1N=C[C@H](C)[C@H]1C. The lowest BCUT2D eigenvalue weighted by Crippen LogP contribution is -2.46. The zero-order valence-electron chi connectivity index (χ0n) is 49.5. The molecule has 5 aliphatic rings. The van der Waals surface area contributed by atoms with E-state index >= 15 is 0 Å². The van der Waals surface area contributed by atoms with Crippen molar-refractivity contribution in [2.24, 2.45) is 40.2 Å². The molecule has 1 aromatic heterocycles. The second kappa shape index (κ2) is 32.0. The van der Waals surface area contributed by atoms with Crippen LogP contribution in [0.15, 0.2) is 58.7 Å². The Kier molecular flexibility index (Phi) is 28.5. The summed E-state index contributed by atoms with van der Waals surface area (Å²) >= 11 is 1.60. The van der Waals surface area contributed by atoms with Crippen molar-refractivity contribution in [2.75, 3.05) is 53.3 Å². The number of likely N-dealkylation sites (N-methyl/N-ethyl adjacent to an activating group) is 5. The number of carbonyl (C=O) groups is 5. The van der Waals surface area contributed by atoms with E-state index in [9.17, 15) is 32.4 Å². The van der Waals surface area contributed by atoms with E-state index in [-0.39, 0.29) is 91.9 Å². The first-order chi connectivity index (χ1) is 36.6. The van der Waals surface area contributed by atoms with Gasteiger partial charge >= 0.3 is 0 Å². The van der Waals surface area contributed by atoms with Crippen LogP contribution in [-0.2, 0) is 53.7 Å². The van der Waals surface area contributed by atoms with Crippen LogP contribution in [0.5, 0.6) is 0 Å². The number of hydrogen-bond acceptors (Lipinski definition) is 14. The summed E-state index contributed by atoms with van der Waals surface area (Å²) in [4.78, 5) is 61.2. The van der Waals surface area contributed by atoms with Gasteiger partial charge in [-0.2, -0.15) is 10.2 Å². The molecule has 4 heterocycles. The average molecular weight is 1150 g/mol. The van der Waals surface area contributed by atoms with Gasteiger partial charge in [0.25, 0.3) is 11.8 Å². The summed E-state index contributed by atoms with van der Waals surface area (Å²) in [5.74, 6) is 1.38. The van der Waals surface area contributed by atoms with Gasteiger partial charge in [-0.05, 0) is 134 Å². The molecule has 0 bridgehead atoms. The number of fused-ring (bicyclic) bond motifs is 1. The molecule has 20 heteroatoms. The lowest BCUT2D eigenvalue weighted by molar-refractivity contribution is -0.135. The third kappa shape index (κ3) is 18.8. The van der Waals surface area contributed by atoms with Crippen molar-refractivity contribution in [3.8, 4) is 0 Å². The van der Waals surface area contributed by atoms with Crippen molar-refractivity contribution in [3.63, 3.8) is 0 Å². The van der Waals surface area contributed by atoms with E-state index in [1.165, 1.54) is 49.6 Å². The minimum atomic E-state index is -3.06. The van der Waals surface area contributed by atoms with E-state index in [4.69, 9.17) is 5.73 Å². The van der Waals surface area contributed by atoms with Gasteiger partial charge in [-0.1, -0.05) is 111 Å². The molecule has 0 saturated carbocycles. The Morgan fingerprint density at radius 2 is 1.45 bits per heavy atom. The van der Waals surface area contributed by atoms with Gasteiger partial charge in [0.15, 0.2) is 5.78 Å². The monoisotopic (exact) mass is 1150 g/mol. The molecule has 1 fully saturated rings. The molecule has 9 atom stereocenters. The second-order valence-electron chi connectivity index (χ2n) is 22.5. The van der Waals surface area contributed by atoms with Crippen LogP contribution in [0.1, 0.15) is 150 Å². The number of benzene rings is 2. The minimum Gasteiger partial charge on any atom is -0.370 e. The average Bonchev–Trinajstić information content (AvgIpc) is 4.20. The van der Waals surface area contributed by atoms with Crippen LogP contribution in [0, 0.1) is 17.3 Å². The number of nitrogens with one attached hydrogen (secondary N) is 4. The number of likely N-dealkylation sites (tertiary alicyclic amines) is 1. The lowest BCUT2D eigenvalue weighted by atomic mass is 9.87. The Hall–Kier alpha value is -4.99. The van der Waals surface area contributed by atoms with Gasteiger partial charge in [0, 0.05) is 67.5 Å². The Bertz CT molecular complexity index is 2690. The highest BCUT2D eigenvalue weighted by atomic mass is 32.2. The topological polar surface area (TPSA) is 233 Å². The summed E-state index contributed by atoms with van der Waals surface area (Å²) in [6, 6.07) is 16.5. The predicted molar refractivity (Wildman–Crippen MR) is 332 cm³/mol. The second-order valence-corrected chi connectivity index (χ2v) is 26.1. The predicted octanol–water partition coefficient (Wildman–Crippen LogP) is 7.45. The maximum Gasteiger partial charge on any atom is 0.260 e. The van der Waals surface area contributed by atoms with Crippen molar-refractivity contribution in [3.05, 3.63) is 70.9 Å². The highest BCUT2D eigenvalue weighted by Crippen LogP contribution is 2.43. The third-order valence-electron chi connectivity index (χ3n) is 15.3. The van der Waals surface area contributed by atoms with Crippen LogP contribution >= 0.6 is 11.8 Å². The Morgan fingerprint density at radius 3 is 1.94 bits per heavy atom. The summed E-state index contributed by atoms with van der Waals surface area (Å²) < 4.78 is 24.5. The fraction of sp³-hybridized carbons (Fsp3) is 0.650. The third-order valence-corrected chi connectivity index (χ3v) is 17.7. The number of hydrazone groups is 2. The number of ketones is 1. The number of rotatable bonds is 14. The molecule has 8 rings (SSSR count). The molecule has 3 aliphatic heterocycles. The Labute approximate surface area is 484 Å². The highest BCUT2D eigenvalue weighted by molar-refractivity contribution is 8.14. The van der Waals surface area contributed by atoms with Gasteiger partial charge in [0.2, 0.25) is 11.8 Å². The molecule has 2 aromatic carbocycles. The number of carbonyl (C=O) groups excluding carboxylic acids is 5. The number of thioether (sulfide) groups is 1. The fourth-order valence-corrected chi connectivity index (χ4v) is 12.1.